The highest BCUT2D eigenvalue weighted by Crippen LogP contribution is 2.53. The van der Waals surface area contributed by atoms with Crippen LogP contribution in [0.1, 0.15) is 79.1 Å². The summed E-state index contributed by atoms with van der Waals surface area (Å²) < 4.78 is 0. The lowest BCUT2D eigenvalue weighted by atomic mass is 9.72. The maximum atomic E-state index is 3.82. The minimum absolute atomic E-state index is 0.115. The quantitative estimate of drug-likeness (QED) is 0.517. The van der Waals surface area contributed by atoms with E-state index in [2.05, 4.69) is 74.0 Å². The highest BCUT2D eigenvalue weighted by molar-refractivity contribution is 9.09. The van der Waals surface area contributed by atoms with Gasteiger partial charge < -0.3 is 0 Å². The van der Waals surface area contributed by atoms with Crippen LogP contribution in [0.2, 0.25) is 0 Å². The van der Waals surface area contributed by atoms with Crippen molar-refractivity contribution in [3.8, 4) is 11.1 Å². The van der Waals surface area contributed by atoms with Gasteiger partial charge in [0, 0.05) is 10.2 Å². The summed E-state index contributed by atoms with van der Waals surface area (Å²) in [6.07, 6.45) is 3.66. The molecule has 0 bridgehead atoms. The molecule has 0 heterocycles. The average Bonchev–Trinajstić information content (AvgIpc) is 2.75. The molecule has 2 atom stereocenters. The summed E-state index contributed by atoms with van der Waals surface area (Å²) >= 11 is 3.82. The Bertz CT molecular complexity index is 785. The molecule has 0 saturated heterocycles. The normalized spacial score (nSPS) is 21.2. The van der Waals surface area contributed by atoms with Crippen molar-refractivity contribution in [2.24, 2.45) is 0 Å². The molecule has 0 N–H and O–H groups in total. The van der Waals surface area contributed by atoms with Crippen LogP contribution in [-0.4, -0.2) is 0 Å². The van der Waals surface area contributed by atoms with Crippen LogP contribution in [0.4, 0.5) is 0 Å². The lowest BCUT2D eigenvalue weighted by molar-refractivity contribution is 0.581. The molecule has 0 nitrogen and oxygen atoms in total. The molecule has 0 saturated carbocycles. The fourth-order valence-electron chi connectivity index (χ4n) is 4.46. The Morgan fingerprint density at radius 3 is 2.52 bits per heavy atom. The second kappa shape index (κ2) is 5.21. The minimum atomic E-state index is 0.115. The summed E-state index contributed by atoms with van der Waals surface area (Å²) in [6.45, 7) is 9.33. The third-order valence-electron chi connectivity index (χ3n) is 6.08. The molecule has 2 aliphatic carbocycles. The van der Waals surface area contributed by atoms with Crippen LogP contribution in [-0.2, 0) is 11.8 Å². The van der Waals surface area contributed by atoms with Crippen LogP contribution in [0.3, 0.4) is 0 Å². The molecule has 1 heteroatoms. The first-order valence-electron chi connectivity index (χ1n) is 8.93. The predicted molar refractivity (Wildman–Crippen MR) is 103 cm³/mol. The van der Waals surface area contributed by atoms with Crippen molar-refractivity contribution in [3.63, 3.8) is 0 Å². The van der Waals surface area contributed by atoms with E-state index >= 15 is 0 Å². The van der Waals surface area contributed by atoms with Crippen molar-refractivity contribution in [3.05, 3.63) is 58.1 Å². The van der Waals surface area contributed by atoms with Gasteiger partial charge in [0.2, 0.25) is 0 Å². The van der Waals surface area contributed by atoms with Gasteiger partial charge in [-0.05, 0) is 64.1 Å². The van der Waals surface area contributed by atoms with Crippen LogP contribution >= 0.6 is 15.9 Å². The summed E-state index contributed by atoms with van der Waals surface area (Å²) in [6, 6.07) is 12.1. The molecule has 0 spiro atoms. The van der Waals surface area contributed by atoms with Gasteiger partial charge in [-0.25, -0.2) is 0 Å². The van der Waals surface area contributed by atoms with E-state index in [1.54, 1.807) is 11.1 Å². The summed E-state index contributed by atoms with van der Waals surface area (Å²) in [7, 11) is 0. The highest BCUT2D eigenvalue weighted by Gasteiger charge is 2.38. The Morgan fingerprint density at radius 1 is 1.09 bits per heavy atom. The zero-order valence-corrected chi connectivity index (χ0v) is 16.1. The number of rotatable bonds is 3. The van der Waals surface area contributed by atoms with Crippen LogP contribution in [0.15, 0.2) is 30.3 Å². The van der Waals surface area contributed by atoms with Crippen molar-refractivity contribution in [1.29, 1.82) is 0 Å². The van der Waals surface area contributed by atoms with E-state index in [0.717, 1.165) is 12.3 Å². The smallest absolute Gasteiger partial charge is 0.0392 e. The molecule has 0 aromatic heterocycles. The Kier molecular flexibility index (Phi) is 3.50. The predicted octanol–water partition coefficient (Wildman–Crippen LogP) is 6.89. The lowest BCUT2D eigenvalue weighted by Gasteiger charge is -2.32. The van der Waals surface area contributed by atoms with Crippen molar-refractivity contribution in [1.82, 2.24) is 0 Å². The van der Waals surface area contributed by atoms with E-state index in [4.69, 9.17) is 0 Å². The van der Waals surface area contributed by atoms with Gasteiger partial charge in [-0.1, -0.05) is 74.0 Å². The molecule has 4 rings (SSSR count). The van der Waals surface area contributed by atoms with Crippen LogP contribution in [0, 0.1) is 0 Å². The van der Waals surface area contributed by atoms with Crippen LogP contribution in [0.25, 0.3) is 11.1 Å². The standard InChI is InChI=1S/C22H25Br/c1-5-13-9-15-10-18-16-8-7-14(21(23)6-2)11-19(16)22(3,4)20(18)12-17(13)15/h7-8,10-13,21H,5-6,9H2,1-4H3. The summed E-state index contributed by atoms with van der Waals surface area (Å²) in [5.74, 6) is 0.789. The Balaban J connectivity index is 1.87. The van der Waals surface area contributed by atoms with Crippen molar-refractivity contribution < 1.29 is 0 Å². The van der Waals surface area contributed by atoms with E-state index in [1.165, 1.54) is 40.7 Å². The number of hydrogen-bond donors (Lipinski definition) is 0. The number of alkyl halides is 1. The maximum Gasteiger partial charge on any atom is 0.0392 e. The van der Waals surface area contributed by atoms with Crippen LogP contribution < -0.4 is 0 Å². The molecule has 2 unspecified atom stereocenters. The Labute approximate surface area is 148 Å². The van der Waals surface area contributed by atoms with Crippen molar-refractivity contribution >= 4 is 15.9 Å². The molecular formula is C22H25Br. The first kappa shape index (κ1) is 15.4. The van der Waals surface area contributed by atoms with E-state index in [1.807, 2.05) is 0 Å². The third kappa shape index (κ3) is 2.09. The summed E-state index contributed by atoms with van der Waals surface area (Å²) in [4.78, 5) is 0.457. The Hall–Kier alpha value is -1.08. The topological polar surface area (TPSA) is 0 Å². The molecule has 0 amide bonds. The SMILES string of the molecule is CCC(Br)c1ccc2c(c1)C(C)(C)c1cc3c(cc1-2)CC3CC. The molecule has 23 heavy (non-hydrogen) atoms. The number of hydrogen-bond acceptors (Lipinski definition) is 0. The van der Waals surface area contributed by atoms with E-state index in [9.17, 15) is 0 Å². The first-order valence-corrected chi connectivity index (χ1v) is 9.85. The molecule has 120 valence electrons. The largest absolute Gasteiger partial charge is 0.0839 e. The lowest BCUT2D eigenvalue weighted by Crippen LogP contribution is -2.20. The second-order valence-corrected chi connectivity index (χ2v) is 8.82. The molecule has 0 fully saturated rings. The van der Waals surface area contributed by atoms with Gasteiger partial charge in [0.25, 0.3) is 0 Å². The molecule has 0 radical (unpaired) electrons. The van der Waals surface area contributed by atoms with Gasteiger partial charge in [0.05, 0.1) is 0 Å². The number of fused-ring (bicyclic) bond motifs is 4. The zero-order valence-electron chi connectivity index (χ0n) is 14.5. The summed E-state index contributed by atoms with van der Waals surface area (Å²) in [5.41, 5.74) is 10.7. The molecule has 2 aliphatic rings. The molecule has 0 aliphatic heterocycles. The van der Waals surface area contributed by atoms with Crippen LogP contribution in [0.5, 0.6) is 0 Å². The number of halogens is 1. The van der Waals surface area contributed by atoms with Gasteiger partial charge in [0.15, 0.2) is 0 Å². The minimum Gasteiger partial charge on any atom is -0.0839 e. The zero-order chi connectivity index (χ0) is 16.4. The van der Waals surface area contributed by atoms with Gasteiger partial charge in [-0.15, -0.1) is 0 Å². The van der Waals surface area contributed by atoms with E-state index in [0.29, 0.717) is 4.83 Å². The monoisotopic (exact) mass is 368 g/mol. The van der Waals surface area contributed by atoms with Gasteiger partial charge in [-0.2, -0.15) is 0 Å². The molecular weight excluding hydrogens is 344 g/mol. The molecule has 2 aromatic rings. The Morgan fingerprint density at radius 2 is 1.83 bits per heavy atom. The average molecular weight is 369 g/mol. The second-order valence-electron chi connectivity index (χ2n) is 7.71. The van der Waals surface area contributed by atoms with Gasteiger partial charge >= 0.3 is 0 Å². The number of benzene rings is 2. The van der Waals surface area contributed by atoms with Crippen molar-refractivity contribution in [2.45, 2.75) is 63.1 Å². The fraction of sp³-hybridized carbons (Fsp3) is 0.455. The molecule has 2 aromatic carbocycles. The van der Waals surface area contributed by atoms with Gasteiger partial charge in [0.1, 0.15) is 0 Å². The van der Waals surface area contributed by atoms with Gasteiger partial charge in [-0.3, -0.25) is 0 Å². The van der Waals surface area contributed by atoms with E-state index in [-0.39, 0.29) is 5.41 Å². The summed E-state index contributed by atoms with van der Waals surface area (Å²) in [5, 5.41) is 0. The highest BCUT2D eigenvalue weighted by atomic mass is 79.9. The third-order valence-corrected chi connectivity index (χ3v) is 7.26. The van der Waals surface area contributed by atoms with E-state index < -0.39 is 0 Å². The first-order chi connectivity index (χ1) is 11.0. The van der Waals surface area contributed by atoms with Crippen molar-refractivity contribution in [2.75, 3.05) is 0 Å². The fourth-order valence-corrected chi connectivity index (χ4v) is 4.74. The maximum absolute atomic E-state index is 3.82.